The van der Waals surface area contributed by atoms with Gasteiger partial charge in [-0.1, -0.05) is 12.1 Å². The monoisotopic (exact) mass is 450 g/mol. The van der Waals surface area contributed by atoms with Gasteiger partial charge in [0.1, 0.15) is 12.3 Å². The summed E-state index contributed by atoms with van der Waals surface area (Å²) in [5.74, 6) is -0.830. The van der Waals surface area contributed by atoms with Crippen LogP contribution < -0.4 is 27.0 Å². The summed E-state index contributed by atoms with van der Waals surface area (Å²) in [6.45, 7) is 3.55. The van der Waals surface area contributed by atoms with E-state index in [0.717, 1.165) is 37.2 Å². The van der Waals surface area contributed by atoms with Crippen molar-refractivity contribution in [3.8, 4) is 0 Å². The first kappa shape index (κ1) is 23.9. The number of anilines is 2. The maximum absolute atomic E-state index is 12.4. The number of hydrogen-bond acceptors (Lipinski definition) is 5. The van der Waals surface area contributed by atoms with E-state index in [4.69, 9.17) is 11.1 Å². The van der Waals surface area contributed by atoms with E-state index in [2.05, 4.69) is 21.3 Å². The van der Waals surface area contributed by atoms with Crippen LogP contribution in [-0.2, 0) is 14.4 Å². The Morgan fingerprint density at radius 2 is 1.55 bits per heavy atom. The molecule has 33 heavy (non-hydrogen) atoms. The largest absolute Gasteiger partial charge is 0.384 e. The van der Waals surface area contributed by atoms with Gasteiger partial charge in [0.15, 0.2) is 0 Å². The van der Waals surface area contributed by atoms with Gasteiger partial charge in [0, 0.05) is 22.9 Å². The smallest absolute Gasteiger partial charge is 0.233 e. The highest BCUT2D eigenvalue weighted by Crippen LogP contribution is 2.19. The van der Waals surface area contributed by atoms with Crippen LogP contribution in [0.1, 0.15) is 43.4 Å². The minimum Gasteiger partial charge on any atom is -0.384 e. The number of amides is 3. The topological polar surface area (TPSA) is 149 Å². The van der Waals surface area contributed by atoms with Gasteiger partial charge < -0.3 is 27.0 Å². The molecule has 9 heteroatoms. The summed E-state index contributed by atoms with van der Waals surface area (Å²) in [4.78, 5) is 36.8. The van der Waals surface area contributed by atoms with E-state index in [1.54, 1.807) is 24.3 Å². The molecule has 1 fully saturated rings. The highest BCUT2D eigenvalue weighted by molar-refractivity contribution is 6.04. The Labute approximate surface area is 193 Å². The van der Waals surface area contributed by atoms with Gasteiger partial charge in [-0.05, 0) is 74.8 Å². The van der Waals surface area contributed by atoms with Crippen molar-refractivity contribution < 1.29 is 14.4 Å². The van der Waals surface area contributed by atoms with Gasteiger partial charge in [-0.15, -0.1) is 0 Å². The molecule has 0 aromatic heterocycles. The van der Waals surface area contributed by atoms with E-state index >= 15 is 0 Å². The van der Waals surface area contributed by atoms with Gasteiger partial charge in [-0.2, -0.15) is 0 Å². The number of nitrogens with two attached hydrogens (primary N) is 1. The van der Waals surface area contributed by atoms with Crippen molar-refractivity contribution in [3.63, 3.8) is 0 Å². The zero-order valence-electron chi connectivity index (χ0n) is 18.6. The van der Waals surface area contributed by atoms with Gasteiger partial charge >= 0.3 is 0 Å². The number of nitrogens with one attached hydrogen (secondary N) is 5. The van der Waals surface area contributed by atoms with E-state index in [1.807, 2.05) is 31.2 Å². The summed E-state index contributed by atoms with van der Waals surface area (Å²) in [5.41, 5.74) is 8.06. The maximum atomic E-state index is 12.4. The zero-order chi connectivity index (χ0) is 23.8. The Kier molecular flexibility index (Phi) is 8.15. The van der Waals surface area contributed by atoms with Gasteiger partial charge in [-0.3, -0.25) is 19.8 Å². The molecule has 2 aromatic carbocycles. The molecule has 174 valence electrons. The average molecular weight is 451 g/mol. The number of carbonyl (C=O) groups is 3. The normalized spacial score (nSPS) is 14.7. The molecule has 2 aromatic rings. The maximum Gasteiger partial charge on any atom is 0.233 e. The zero-order valence-corrected chi connectivity index (χ0v) is 18.6. The van der Waals surface area contributed by atoms with E-state index < -0.39 is 11.8 Å². The molecule has 0 saturated carbocycles. The third-order valence-corrected chi connectivity index (χ3v) is 5.57. The molecule has 1 saturated heterocycles. The van der Waals surface area contributed by atoms with Crippen LogP contribution in [0, 0.1) is 11.3 Å². The molecule has 3 rings (SSSR count). The summed E-state index contributed by atoms with van der Waals surface area (Å²) in [5, 5.41) is 19.0. The van der Waals surface area contributed by atoms with Crippen LogP contribution in [0.3, 0.4) is 0 Å². The van der Waals surface area contributed by atoms with Crippen molar-refractivity contribution in [2.45, 2.75) is 32.2 Å². The lowest BCUT2D eigenvalue weighted by molar-refractivity contribution is -0.127. The summed E-state index contributed by atoms with van der Waals surface area (Å²) in [7, 11) is 0. The Bertz CT molecular complexity index is 998. The lowest BCUT2D eigenvalue weighted by Crippen LogP contribution is -2.34. The van der Waals surface area contributed by atoms with E-state index in [1.165, 1.54) is 0 Å². The molecular formula is C24H30N6O3. The molecule has 0 aliphatic carbocycles. The van der Waals surface area contributed by atoms with Gasteiger partial charge in [-0.25, -0.2) is 0 Å². The SMILES string of the molecule is CC(NC(=O)CC(=O)Nc1ccc(C(=N)N)cc1)c1ccc(NC(=O)C2CCNCC2)cc1. The lowest BCUT2D eigenvalue weighted by atomic mass is 9.97. The van der Waals surface area contributed by atoms with Crippen molar-refractivity contribution in [3.05, 3.63) is 59.7 Å². The second-order valence-corrected chi connectivity index (χ2v) is 8.14. The Morgan fingerprint density at radius 1 is 0.970 bits per heavy atom. The van der Waals surface area contributed by atoms with Crippen LogP contribution >= 0.6 is 0 Å². The van der Waals surface area contributed by atoms with Crippen LogP contribution in [0.15, 0.2) is 48.5 Å². The van der Waals surface area contributed by atoms with Crippen LogP contribution in [-0.4, -0.2) is 36.6 Å². The molecule has 7 N–H and O–H groups in total. The number of hydrogen-bond donors (Lipinski definition) is 6. The molecule has 1 heterocycles. The van der Waals surface area contributed by atoms with Crippen LogP contribution in [0.2, 0.25) is 0 Å². The molecular weight excluding hydrogens is 420 g/mol. The predicted octanol–water partition coefficient (Wildman–Crippen LogP) is 2.11. The minimum atomic E-state index is -0.439. The van der Waals surface area contributed by atoms with Crippen molar-refractivity contribution in [1.82, 2.24) is 10.6 Å². The number of carbonyl (C=O) groups excluding carboxylic acids is 3. The number of nitrogen functional groups attached to an aromatic ring is 1. The van der Waals surface area contributed by atoms with E-state index in [-0.39, 0.29) is 30.1 Å². The number of piperidine rings is 1. The summed E-state index contributed by atoms with van der Waals surface area (Å²) in [6.07, 6.45) is 1.36. The fourth-order valence-electron chi connectivity index (χ4n) is 3.64. The summed E-state index contributed by atoms with van der Waals surface area (Å²) in [6, 6.07) is 13.5. The third kappa shape index (κ3) is 7.15. The number of rotatable bonds is 8. The summed E-state index contributed by atoms with van der Waals surface area (Å²) < 4.78 is 0. The second-order valence-electron chi connectivity index (χ2n) is 8.14. The van der Waals surface area contributed by atoms with Crippen molar-refractivity contribution in [1.29, 1.82) is 5.41 Å². The van der Waals surface area contributed by atoms with Gasteiger partial charge in [0.05, 0.1) is 6.04 Å². The van der Waals surface area contributed by atoms with E-state index in [9.17, 15) is 14.4 Å². The molecule has 0 spiro atoms. The minimum absolute atomic E-state index is 0.0300. The second kappa shape index (κ2) is 11.2. The Morgan fingerprint density at radius 3 is 2.15 bits per heavy atom. The quantitative estimate of drug-likeness (QED) is 0.207. The summed E-state index contributed by atoms with van der Waals surface area (Å²) >= 11 is 0. The van der Waals surface area contributed by atoms with E-state index in [0.29, 0.717) is 11.3 Å². The van der Waals surface area contributed by atoms with Gasteiger partial charge in [0.25, 0.3) is 0 Å². The van der Waals surface area contributed by atoms with Crippen LogP contribution in [0.4, 0.5) is 11.4 Å². The molecule has 1 aliphatic heterocycles. The van der Waals surface area contributed by atoms with Gasteiger partial charge in [0.2, 0.25) is 17.7 Å². The molecule has 1 unspecified atom stereocenters. The molecule has 1 atom stereocenters. The standard InChI is InChI=1S/C24H30N6O3/c1-15(16-2-6-20(7-3-16)30-24(33)18-10-12-27-13-11-18)28-21(31)14-22(32)29-19-8-4-17(5-9-19)23(25)26/h2-9,15,18,27H,10-14H2,1H3,(H3,25,26)(H,28,31)(H,29,32)(H,30,33). The Balaban J connectivity index is 1.46. The first-order chi connectivity index (χ1) is 15.8. The van der Waals surface area contributed by atoms with Crippen LogP contribution in [0.25, 0.3) is 0 Å². The molecule has 0 radical (unpaired) electrons. The fraction of sp³-hybridized carbons (Fsp3) is 0.333. The lowest BCUT2D eigenvalue weighted by Gasteiger charge is -2.22. The fourth-order valence-corrected chi connectivity index (χ4v) is 3.64. The third-order valence-electron chi connectivity index (χ3n) is 5.57. The molecule has 0 bridgehead atoms. The highest BCUT2D eigenvalue weighted by atomic mass is 16.2. The molecule has 9 nitrogen and oxygen atoms in total. The van der Waals surface area contributed by atoms with Crippen molar-refractivity contribution >= 4 is 34.9 Å². The Hall–Kier alpha value is -3.72. The molecule has 1 aliphatic rings. The first-order valence-electron chi connectivity index (χ1n) is 11.0. The van der Waals surface area contributed by atoms with Crippen molar-refractivity contribution in [2.75, 3.05) is 23.7 Å². The molecule has 3 amide bonds. The highest BCUT2D eigenvalue weighted by Gasteiger charge is 2.21. The van der Waals surface area contributed by atoms with Crippen LogP contribution in [0.5, 0.6) is 0 Å². The predicted molar refractivity (Wildman–Crippen MR) is 128 cm³/mol. The van der Waals surface area contributed by atoms with Crippen molar-refractivity contribution in [2.24, 2.45) is 11.7 Å². The first-order valence-corrected chi connectivity index (χ1v) is 11.0. The number of benzene rings is 2. The number of amidine groups is 1. The average Bonchev–Trinajstić information content (AvgIpc) is 2.80.